The van der Waals surface area contributed by atoms with Crippen LogP contribution in [0.5, 0.6) is 0 Å². The lowest BCUT2D eigenvalue weighted by molar-refractivity contribution is 1.12. The Morgan fingerprint density at radius 1 is 0.909 bits per heavy atom. The number of nitrogens with zero attached hydrogens (tertiary/aromatic N) is 2. The van der Waals surface area contributed by atoms with E-state index < -0.39 is 0 Å². The first kappa shape index (κ1) is 12.2. The molecule has 104 valence electrons. The molecule has 5 rings (SSSR count). The zero-order valence-electron chi connectivity index (χ0n) is 12.0. The smallest absolute Gasteiger partial charge is 0.110 e. The third kappa shape index (κ3) is 1.57. The molecular formula is C19H12N2S. The van der Waals surface area contributed by atoms with Gasteiger partial charge in [0.2, 0.25) is 0 Å². The maximum atomic E-state index is 4.65. The van der Waals surface area contributed by atoms with Crippen LogP contribution in [-0.4, -0.2) is 9.97 Å². The van der Waals surface area contributed by atoms with Crippen molar-refractivity contribution >= 4 is 33.3 Å². The Balaban J connectivity index is 2.01. The summed E-state index contributed by atoms with van der Waals surface area (Å²) < 4.78 is 0. The molecule has 2 aromatic heterocycles. The largest absolute Gasteiger partial charge is 0.255 e. The number of aromatic nitrogens is 2. The van der Waals surface area contributed by atoms with Gasteiger partial charge in [0.05, 0.1) is 5.69 Å². The van der Waals surface area contributed by atoms with Crippen LogP contribution in [0, 0.1) is 6.92 Å². The Hall–Kier alpha value is -2.39. The molecule has 0 bridgehead atoms. The Bertz CT molecular complexity index is 1070. The molecule has 3 heteroatoms. The lowest BCUT2D eigenvalue weighted by Crippen LogP contribution is -1.97. The molecular weight excluding hydrogens is 288 g/mol. The highest BCUT2D eigenvalue weighted by molar-refractivity contribution is 7.99. The lowest BCUT2D eigenvalue weighted by Gasteiger charge is -2.19. The third-order valence-corrected chi connectivity index (χ3v) is 5.27. The Morgan fingerprint density at radius 2 is 1.86 bits per heavy atom. The fraction of sp³-hybridized carbons (Fsp3) is 0.0526. The van der Waals surface area contributed by atoms with Gasteiger partial charge in [0.25, 0.3) is 0 Å². The molecule has 0 fully saturated rings. The van der Waals surface area contributed by atoms with Crippen molar-refractivity contribution in [2.75, 3.05) is 0 Å². The second kappa shape index (κ2) is 4.31. The molecule has 0 aliphatic carbocycles. The zero-order chi connectivity index (χ0) is 14.7. The summed E-state index contributed by atoms with van der Waals surface area (Å²) in [6.07, 6.45) is 3.76. The van der Waals surface area contributed by atoms with E-state index in [4.69, 9.17) is 0 Å². The summed E-state index contributed by atoms with van der Waals surface area (Å²) in [5.41, 5.74) is 3.47. The summed E-state index contributed by atoms with van der Waals surface area (Å²) in [7, 11) is 0. The van der Waals surface area contributed by atoms with Crippen LogP contribution < -0.4 is 0 Å². The fourth-order valence-corrected chi connectivity index (χ4v) is 4.33. The van der Waals surface area contributed by atoms with Crippen molar-refractivity contribution in [2.24, 2.45) is 0 Å². The van der Waals surface area contributed by atoms with E-state index in [0.717, 1.165) is 16.3 Å². The van der Waals surface area contributed by atoms with Crippen molar-refractivity contribution in [3.63, 3.8) is 0 Å². The van der Waals surface area contributed by atoms with E-state index in [1.54, 1.807) is 11.8 Å². The van der Waals surface area contributed by atoms with Gasteiger partial charge in [0.1, 0.15) is 5.03 Å². The van der Waals surface area contributed by atoms with Gasteiger partial charge in [-0.3, -0.25) is 4.98 Å². The maximum Gasteiger partial charge on any atom is 0.110 e. The van der Waals surface area contributed by atoms with Crippen molar-refractivity contribution in [1.29, 1.82) is 0 Å². The molecule has 0 saturated heterocycles. The second-order valence-electron chi connectivity index (χ2n) is 5.64. The molecule has 0 atom stereocenters. The summed E-state index contributed by atoms with van der Waals surface area (Å²) in [6.45, 7) is 2.14. The maximum absolute atomic E-state index is 4.65. The van der Waals surface area contributed by atoms with E-state index >= 15 is 0 Å². The second-order valence-corrected chi connectivity index (χ2v) is 6.67. The highest BCUT2D eigenvalue weighted by Crippen LogP contribution is 2.47. The standard InChI is InChI=1S/C19H12N2S/c1-11-4-5-13-12(9-11)10-16-17-14(13)6-8-20-18(17)15-3-2-7-21-19(15)22-16/h2-10H,1H3. The highest BCUT2D eigenvalue weighted by Gasteiger charge is 2.22. The molecule has 0 amide bonds. The topological polar surface area (TPSA) is 25.8 Å². The first-order chi connectivity index (χ1) is 10.8. The van der Waals surface area contributed by atoms with Crippen molar-refractivity contribution < 1.29 is 0 Å². The fourth-order valence-electron chi connectivity index (χ4n) is 3.24. The van der Waals surface area contributed by atoms with Gasteiger partial charge in [-0.15, -0.1) is 0 Å². The molecule has 4 aromatic rings. The Morgan fingerprint density at radius 3 is 2.82 bits per heavy atom. The van der Waals surface area contributed by atoms with Crippen LogP contribution in [0.25, 0.3) is 32.8 Å². The van der Waals surface area contributed by atoms with Gasteiger partial charge in [-0.25, -0.2) is 4.98 Å². The predicted molar refractivity (Wildman–Crippen MR) is 91.3 cm³/mol. The van der Waals surface area contributed by atoms with E-state index in [1.807, 2.05) is 18.5 Å². The van der Waals surface area contributed by atoms with Gasteiger partial charge in [0.15, 0.2) is 0 Å². The SMILES string of the molecule is Cc1ccc2c(c1)cc1c3c(nccc32)-c2cccnc2S1. The zero-order valence-corrected chi connectivity index (χ0v) is 12.8. The van der Waals surface area contributed by atoms with Crippen LogP contribution in [0.3, 0.4) is 0 Å². The number of hydrogen-bond donors (Lipinski definition) is 0. The monoisotopic (exact) mass is 300 g/mol. The number of rotatable bonds is 0. The van der Waals surface area contributed by atoms with Crippen LogP contribution in [0.2, 0.25) is 0 Å². The first-order valence-electron chi connectivity index (χ1n) is 7.26. The van der Waals surface area contributed by atoms with E-state index in [0.29, 0.717) is 0 Å². The number of fused-ring (bicyclic) bond motifs is 4. The van der Waals surface area contributed by atoms with E-state index in [-0.39, 0.29) is 0 Å². The Labute approximate surface area is 132 Å². The molecule has 0 saturated carbocycles. The summed E-state index contributed by atoms with van der Waals surface area (Å²) >= 11 is 1.74. The predicted octanol–water partition coefficient (Wildman–Crippen LogP) is 5.22. The summed E-state index contributed by atoms with van der Waals surface area (Å²) in [5, 5.41) is 6.15. The molecule has 22 heavy (non-hydrogen) atoms. The average molecular weight is 300 g/mol. The summed E-state index contributed by atoms with van der Waals surface area (Å²) in [4.78, 5) is 10.4. The minimum absolute atomic E-state index is 1.04. The van der Waals surface area contributed by atoms with Crippen LogP contribution >= 0.6 is 11.8 Å². The molecule has 0 radical (unpaired) electrons. The number of hydrogen-bond acceptors (Lipinski definition) is 3. The summed E-state index contributed by atoms with van der Waals surface area (Å²) in [5.74, 6) is 0. The Kier molecular flexibility index (Phi) is 2.38. The molecule has 2 aromatic carbocycles. The van der Waals surface area contributed by atoms with Gasteiger partial charge in [-0.05, 0) is 47.3 Å². The molecule has 0 N–H and O–H groups in total. The van der Waals surface area contributed by atoms with Gasteiger partial charge in [-0.2, -0.15) is 0 Å². The minimum atomic E-state index is 1.04. The van der Waals surface area contributed by atoms with Gasteiger partial charge >= 0.3 is 0 Å². The van der Waals surface area contributed by atoms with Crippen molar-refractivity contribution in [2.45, 2.75) is 16.8 Å². The van der Waals surface area contributed by atoms with Gasteiger partial charge in [0, 0.05) is 28.2 Å². The number of aryl methyl sites for hydroxylation is 1. The average Bonchev–Trinajstić information content (AvgIpc) is 2.55. The van der Waals surface area contributed by atoms with Gasteiger partial charge in [-0.1, -0.05) is 35.5 Å². The normalized spacial score (nSPS) is 12.6. The van der Waals surface area contributed by atoms with Crippen LogP contribution in [0.4, 0.5) is 0 Å². The quantitative estimate of drug-likeness (QED) is 0.366. The first-order valence-corrected chi connectivity index (χ1v) is 8.08. The van der Waals surface area contributed by atoms with Gasteiger partial charge < -0.3 is 0 Å². The van der Waals surface area contributed by atoms with E-state index in [2.05, 4.69) is 53.3 Å². The minimum Gasteiger partial charge on any atom is -0.255 e. The molecule has 0 unspecified atom stereocenters. The van der Waals surface area contributed by atoms with Crippen molar-refractivity contribution in [1.82, 2.24) is 9.97 Å². The summed E-state index contributed by atoms with van der Waals surface area (Å²) in [6, 6.07) is 15.1. The molecule has 1 aliphatic rings. The van der Waals surface area contributed by atoms with Crippen LogP contribution in [0.1, 0.15) is 5.56 Å². The lowest BCUT2D eigenvalue weighted by atomic mass is 9.98. The molecule has 0 spiro atoms. The highest BCUT2D eigenvalue weighted by atomic mass is 32.2. The third-order valence-electron chi connectivity index (χ3n) is 4.21. The van der Waals surface area contributed by atoms with Crippen molar-refractivity contribution in [3.8, 4) is 11.3 Å². The van der Waals surface area contributed by atoms with Crippen LogP contribution in [0.15, 0.2) is 64.8 Å². The number of pyridine rings is 2. The van der Waals surface area contributed by atoms with E-state index in [1.165, 1.54) is 32.0 Å². The van der Waals surface area contributed by atoms with Crippen molar-refractivity contribution in [3.05, 3.63) is 60.4 Å². The molecule has 3 heterocycles. The van der Waals surface area contributed by atoms with E-state index in [9.17, 15) is 0 Å². The van der Waals surface area contributed by atoms with Crippen LogP contribution in [-0.2, 0) is 0 Å². The molecule has 1 aliphatic heterocycles. The number of benzene rings is 2. The molecule has 2 nitrogen and oxygen atoms in total.